The Morgan fingerprint density at radius 3 is 1.98 bits per heavy atom. The fourth-order valence-electron chi connectivity index (χ4n) is 3.99. The van der Waals surface area contributed by atoms with Crippen LogP contribution in [0, 0.1) is 5.92 Å². The topological polar surface area (TPSA) is 276 Å². The molecule has 0 aliphatic carbocycles. The Labute approximate surface area is 252 Å². The van der Waals surface area contributed by atoms with E-state index in [0.29, 0.717) is 25.8 Å². The molecule has 0 radical (unpaired) electrons. The van der Waals surface area contributed by atoms with Crippen LogP contribution in [-0.2, 0) is 30.4 Å². The van der Waals surface area contributed by atoms with Gasteiger partial charge in [0.1, 0.15) is 18.1 Å². The molecule has 0 fully saturated rings. The zero-order valence-corrected chi connectivity index (χ0v) is 25.0. The number of amides is 5. The maximum atomic E-state index is 13.3. The Hall–Kier alpha value is -4.24. The van der Waals surface area contributed by atoms with Crippen LogP contribution in [0.2, 0.25) is 0 Å². The first kappa shape index (κ1) is 36.8. The Balaban J connectivity index is 2.91. The number of guanidine groups is 1. The van der Waals surface area contributed by atoms with Gasteiger partial charge in [-0.2, -0.15) is 0 Å². The van der Waals surface area contributed by atoms with Crippen molar-refractivity contribution in [2.24, 2.45) is 39.6 Å². The molecule has 5 amide bonds. The molecule has 1 aromatic carbocycles. The lowest BCUT2D eigenvalue weighted by Gasteiger charge is -2.25. The fourth-order valence-corrected chi connectivity index (χ4v) is 3.99. The molecule has 14 N–H and O–H groups in total. The van der Waals surface area contributed by atoms with Crippen LogP contribution in [0.25, 0.3) is 0 Å². The van der Waals surface area contributed by atoms with E-state index in [-0.39, 0.29) is 37.7 Å². The Morgan fingerprint density at radius 1 is 0.791 bits per heavy atom. The summed E-state index contributed by atoms with van der Waals surface area (Å²) in [4.78, 5) is 67.4. The molecule has 1 aromatic rings. The van der Waals surface area contributed by atoms with Crippen molar-refractivity contribution < 1.29 is 24.0 Å². The van der Waals surface area contributed by atoms with E-state index in [4.69, 9.17) is 28.7 Å². The number of carbonyl (C=O) groups is 5. The van der Waals surface area contributed by atoms with Gasteiger partial charge in [-0.25, -0.2) is 0 Å². The van der Waals surface area contributed by atoms with Crippen molar-refractivity contribution in [3.63, 3.8) is 0 Å². The van der Waals surface area contributed by atoms with Gasteiger partial charge in [0.25, 0.3) is 0 Å². The van der Waals surface area contributed by atoms with Crippen molar-refractivity contribution in [1.82, 2.24) is 21.3 Å². The number of carbonyl (C=O) groups excluding carboxylic acids is 5. The third-order valence-corrected chi connectivity index (χ3v) is 6.56. The van der Waals surface area contributed by atoms with Gasteiger partial charge in [-0.3, -0.25) is 29.0 Å². The van der Waals surface area contributed by atoms with Crippen LogP contribution in [0.15, 0.2) is 35.3 Å². The first-order valence-corrected chi connectivity index (χ1v) is 14.4. The van der Waals surface area contributed by atoms with Crippen molar-refractivity contribution in [2.45, 2.75) is 76.5 Å². The normalized spacial score (nSPS) is 13.6. The molecule has 0 saturated carbocycles. The van der Waals surface area contributed by atoms with Gasteiger partial charge >= 0.3 is 0 Å². The summed E-state index contributed by atoms with van der Waals surface area (Å²) < 4.78 is 0. The molecule has 0 unspecified atom stereocenters. The second-order valence-corrected chi connectivity index (χ2v) is 10.6. The maximum absolute atomic E-state index is 13.3. The molecule has 1 rings (SSSR count). The lowest BCUT2D eigenvalue weighted by atomic mass is 10.0. The number of hydrogen-bond donors (Lipinski definition) is 9. The third kappa shape index (κ3) is 15.0. The lowest BCUT2D eigenvalue weighted by Crippen LogP contribution is -2.57. The molecule has 0 heterocycles. The molecule has 15 nitrogen and oxygen atoms in total. The number of nitrogens with one attached hydrogen (secondary N) is 4. The summed E-state index contributed by atoms with van der Waals surface area (Å²) >= 11 is 0. The predicted molar refractivity (Wildman–Crippen MR) is 164 cm³/mol. The van der Waals surface area contributed by atoms with Crippen LogP contribution in [0.1, 0.15) is 51.5 Å². The van der Waals surface area contributed by atoms with Crippen molar-refractivity contribution in [1.29, 1.82) is 0 Å². The standard InChI is InChI=1S/C28H48N10O5/c1-17(2)23(30)27(43)38-20(12-8-14-34-28(32)33)26(42)37-19(11-6-7-13-29)25(41)35-16-22(39)36-21(24(31)40)15-18-9-4-3-5-10-18/h3-5,9-10,17,19-21,23H,6-8,11-16,29-30H2,1-2H3,(H2,31,40)(H,35,41)(H,36,39)(H,37,42)(H,38,43)(H4,32,33,34)/t19-,20-,21-,23-/m0/s1. The summed E-state index contributed by atoms with van der Waals surface area (Å²) in [5.41, 5.74) is 28.5. The number of benzene rings is 1. The zero-order valence-electron chi connectivity index (χ0n) is 25.0. The fraction of sp³-hybridized carbons (Fsp3) is 0.571. The molecule has 4 atom stereocenters. The number of hydrogen-bond acceptors (Lipinski definition) is 8. The van der Waals surface area contributed by atoms with E-state index in [1.807, 2.05) is 6.07 Å². The Kier molecular flexibility index (Phi) is 16.9. The molecule has 0 bridgehead atoms. The van der Waals surface area contributed by atoms with Crippen LogP contribution in [-0.4, -0.2) is 79.3 Å². The lowest BCUT2D eigenvalue weighted by molar-refractivity contribution is -0.133. The van der Waals surface area contributed by atoms with Crippen LogP contribution in [0.3, 0.4) is 0 Å². The van der Waals surface area contributed by atoms with Gasteiger partial charge in [0, 0.05) is 13.0 Å². The van der Waals surface area contributed by atoms with E-state index in [9.17, 15) is 24.0 Å². The SMILES string of the molecule is CC(C)[C@H](N)C(=O)N[C@@H](CCCN=C(N)N)C(=O)N[C@@H](CCCCN)C(=O)NCC(=O)N[C@@H](Cc1ccccc1)C(N)=O. The van der Waals surface area contributed by atoms with E-state index in [0.717, 1.165) is 5.56 Å². The number of aliphatic imine (C=N–C) groups is 1. The first-order chi connectivity index (χ1) is 20.3. The average molecular weight is 605 g/mol. The first-order valence-electron chi connectivity index (χ1n) is 14.4. The second kappa shape index (κ2) is 19.8. The highest BCUT2D eigenvalue weighted by molar-refractivity contribution is 5.94. The Morgan fingerprint density at radius 2 is 1.40 bits per heavy atom. The minimum Gasteiger partial charge on any atom is -0.370 e. The highest BCUT2D eigenvalue weighted by Gasteiger charge is 2.29. The number of unbranched alkanes of at least 4 members (excludes halogenated alkanes) is 1. The monoisotopic (exact) mass is 604 g/mol. The molecule has 0 spiro atoms. The molecular formula is C28H48N10O5. The molecular weight excluding hydrogens is 556 g/mol. The van der Waals surface area contributed by atoms with Crippen LogP contribution in [0.5, 0.6) is 0 Å². The third-order valence-electron chi connectivity index (χ3n) is 6.56. The molecule has 0 aliphatic heterocycles. The summed E-state index contributed by atoms with van der Waals surface area (Å²) in [6.07, 6.45) is 2.07. The molecule has 0 saturated heterocycles. The van der Waals surface area contributed by atoms with E-state index in [2.05, 4.69) is 26.3 Å². The van der Waals surface area contributed by atoms with Gasteiger partial charge in [-0.1, -0.05) is 44.2 Å². The molecule has 0 aromatic heterocycles. The van der Waals surface area contributed by atoms with Gasteiger partial charge < -0.3 is 49.9 Å². The van der Waals surface area contributed by atoms with E-state index >= 15 is 0 Å². The Bertz CT molecular complexity index is 1080. The summed E-state index contributed by atoms with van der Waals surface area (Å²) in [5, 5.41) is 10.4. The zero-order chi connectivity index (χ0) is 32.4. The smallest absolute Gasteiger partial charge is 0.243 e. The quantitative estimate of drug-likeness (QED) is 0.0430. The van der Waals surface area contributed by atoms with Gasteiger partial charge in [-0.15, -0.1) is 0 Å². The van der Waals surface area contributed by atoms with Crippen molar-refractivity contribution >= 4 is 35.5 Å². The van der Waals surface area contributed by atoms with Gasteiger partial charge in [0.15, 0.2) is 5.96 Å². The van der Waals surface area contributed by atoms with Gasteiger partial charge in [-0.05, 0) is 50.1 Å². The number of primary amides is 1. The van der Waals surface area contributed by atoms with Crippen LogP contribution >= 0.6 is 0 Å². The molecule has 43 heavy (non-hydrogen) atoms. The predicted octanol–water partition coefficient (Wildman–Crippen LogP) is -2.55. The highest BCUT2D eigenvalue weighted by Crippen LogP contribution is 2.07. The molecule has 15 heteroatoms. The largest absolute Gasteiger partial charge is 0.370 e. The number of nitrogens with two attached hydrogens (primary N) is 5. The molecule has 240 valence electrons. The van der Waals surface area contributed by atoms with Gasteiger partial charge in [0.2, 0.25) is 29.5 Å². The molecule has 0 aliphatic rings. The summed E-state index contributed by atoms with van der Waals surface area (Å²) in [6.45, 7) is 3.71. The summed E-state index contributed by atoms with van der Waals surface area (Å²) in [6, 6.07) is 5.14. The van der Waals surface area contributed by atoms with E-state index < -0.39 is 60.2 Å². The van der Waals surface area contributed by atoms with Crippen LogP contribution < -0.4 is 49.9 Å². The van der Waals surface area contributed by atoms with E-state index in [1.54, 1.807) is 38.1 Å². The minimum absolute atomic E-state index is 0.102. The van der Waals surface area contributed by atoms with Gasteiger partial charge in [0.05, 0.1) is 12.6 Å². The van der Waals surface area contributed by atoms with Crippen LogP contribution in [0.4, 0.5) is 0 Å². The average Bonchev–Trinajstić information content (AvgIpc) is 2.96. The van der Waals surface area contributed by atoms with Crippen molar-refractivity contribution in [3.8, 4) is 0 Å². The minimum atomic E-state index is -1.03. The summed E-state index contributed by atoms with van der Waals surface area (Å²) in [7, 11) is 0. The number of rotatable bonds is 20. The van der Waals surface area contributed by atoms with Crippen molar-refractivity contribution in [2.75, 3.05) is 19.6 Å². The van der Waals surface area contributed by atoms with E-state index in [1.165, 1.54) is 0 Å². The highest BCUT2D eigenvalue weighted by atomic mass is 16.2. The second-order valence-electron chi connectivity index (χ2n) is 10.6. The maximum Gasteiger partial charge on any atom is 0.243 e. The summed E-state index contributed by atoms with van der Waals surface area (Å²) in [5.74, 6) is -3.37. The van der Waals surface area contributed by atoms with Crippen molar-refractivity contribution in [3.05, 3.63) is 35.9 Å². The number of nitrogens with zero attached hydrogens (tertiary/aromatic N) is 1.